The molecule has 4 unspecified atom stereocenters. The van der Waals surface area contributed by atoms with Crippen molar-refractivity contribution in [3.63, 3.8) is 0 Å². The number of ether oxygens (including phenoxy) is 2. The Morgan fingerprint density at radius 3 is 2.79 bits per heavy atom. The Labute approximate surface area is 148 Å². The lowest BCUT2D eigenvalue weighted by atomic mass is 10.00. The molecular formula is C18H25ClN2O3. The molecule has 24 heavy (non-hydrogen) atoms. The van der Waals surface area contributed by atoms with Crippen LogP contribution in [0.5, 0.6) is 11.5 Å². The van der Waals surface area contributed by atoms with Gasteiger partial charge < -0.3 is 20.1 Å². The molecule has 2 aliphatic heterocycles. The van der Waals surface area contributed by atoms with Crippen molar-refractivity contribution in [3.05, 3.63) is 23.8 Å². The van der Waals surface area contributed by atoms with E-state index in [9.17, 15) is 4.79 Å². The van der Waals surface area contributed by atoms with Crippen molar-refractivity contribution in [2.45, 2.75) is 44.2 Å². The Morgan fingerprint density at radius 2 is 2.00 bits per heavy atom. The summed E-state index contributed by atoms with van der Waals surface area (Å²) in [7, 11) is 0. The highest BCUT2D eigenvalue weighted by Gasteiger charge is 2.44. The Kier molecular flexibility index (Phi) is 5.21. The number of carbonyl (C=O) groups is 1. The highest BCUT2D eigenvalue weighted by atomic mass is 35.5. The first kappa shape index (κ1) is 17.4. The predicted octanol–water partition coefficient (Wildman–Crippen LogP) is 2.24. The first-order valence-electron chi connectivity index (χ1n) is 8.64. The summed E-state index contributed by atoms with van der Waals surface area (Å²) < 4.78 is 11.2. The number of rotatable bonds is 3. The van der Waals surface area contributed by atoms with E-state index >= 15 is 0 Å². The molecule has 0 spiro atoms. The Morgan fingerprint density at radius 1 is 1.21 bits per heavy atom. The van der Waals surface area contributed by atoms with Crippen LogP contribution in [0, 0.1) is 5.92 Å². The zero-order valence-electron chi connectivity index (χ0n) is 13.9. The van der Waals surface area contributed by atoms with Gasteiger partial charge in [0.2, 0.25) is 5.91 Å². The van der Waals surface area contributed by atoms with Crippen LogP contribution in [0.3, 0.4) is 0 Å². The molecule has 2 N–H and O–H groups in total. The van der Waals surface area contributed by atoms with E-state index in [4.69, 9.17) is 9.47 Å². The molecule has 4 rings (SSSR count). The molecule has 1 aromatic rings. The quantitative estimate of drug-likeness (QED) is 0.876. The second-order valence-electron chi connectivity index (χ2n) is 6.94. The summed E-state index contributed by atoms with van der Waals surface area (Å²) in [6.45, 7) is 4.37. The van der Waals surface area contributed by atoms with Gasteiger partial charge in [-0.15, -0.1) is 12.4 Å². The minimum atomic E-state index is 0. The minimum absolute atomic E-state index is 0. The van der Waals surface area contributed by atoms with Gasteiger partial charge in [-0.1, -0.05) is 6.07 Å². The van der Waals surface area contributed by atoms with Crippen LogP contribution in [0.25, 0.3) is 0 Å². The van der Waals surface area contributed by atoms with Crippen molar-refractivity contribution in [1.29, 1.82) is 0 Å². The number of nitrogens with one attached hydrogen (secondary N) is 2. The molecule has 0 radical (unpaired) electrons. The topological polar surface area (TPSA) is 59.6 Å². The molecule has 2 fully saturated rings. The molecule has 0 aromatic heterocycles. The molecule has 1 amide bonds. The minimum Gasteiger partial charge on any atom is -0.486 e. The zero-order valence-corrected chi connectivity index (χ0v) is 14.7. The SMILES string of the molecule is CC1CC(NC(=O)C2CC2c2ccc3c(c2)OCCO3)CCN1.Cl. The summed E-state index contributed by atoms with van der Waals surface area (Å²) in [5, 5.41) is 6.65. The van der Waals surface area contributed by atoms with Crippen molar-refractivity contribution >= 4 is 18.3 Å². The van der Waals surface area contributed by atoms with Gasteiger partial charge in [-0.3, -0.25) is 4.79 Å². The highest BCUT2D eigenvalue weighted by Crippen LogP contribution is 2.49. The van der Waals surface area contributed by atoms with Crippen molar-refractivity contribution in [2.24, 2.45) is 5.92 Å². The normalized spacial score (nSPS) is 30.9. The third kappa shape index (κ3) is 3.62. The zero-order chi connectivity index (χ0) is 15.8. The van der Waals surface area contributed by atoms with Gasteiger partial charge in [-0.05, 0) is 56.3 Å². The average molecular weight is 353 g/mol. The molecule has 1 saturated heterocycles. The molecule has 2 heterocycles. The first-order chi connectivity index (χ1) is 11.2. The van der Waals surface area contributed by atoms with Crippen molar-refractivity contribution in [2.75, 3.05) is 19.8 Å². The Hall–Kier alpha value is -1.46. The van der Waals surface area contributed by atoms with E-state index in [2.05, 4.69) is 23.6 Å². The summed E-state index contributed by atoms with van der Waals surface area (Å²) in [5.41, 5.74) is 1.19. The van der Waals surface area contributed by atoms with Crippen molar-refractivity contribution < 1.29 is 14.3 Å². The maximum atomic E-state index is 12.5. The molecule has 1 aliphatic carbocycles. The standard InChI is InChI=1S/C18H24N2O3.ClH/c1-11-8-13(4-5-19-11)20-18(21)15-10-14(15)12-2-3-16-17(9-12)23-7-6-22-16;/h2-3,9,11,13-15,19H,4-8,10H2,1H3,(H,20,21);1H. The smallest absolute Gasteiger partial charge is 0.223 e. The van der Waals surface area contributed by atoms with Crippen LogP contribution in [-0.4, -0.2) is 37.7 Å². The number of hydrogen-bond donors (Lipinski definition) is 2. The summed E-state index contributed by atoms with van der Waals surface area (Å²) >= 11 is 0. The molecule has 5 nitrogen and oxygen atoms in total. The van der Waals surface area contributed by atoms with Crippen LogP contribution in [0.15, 0.2) is 18.2 Å². The number of benzene rings is 1. The number of fused-ring (bicyclic) bond motifs is 1. The van der Waals surface area contributed by atoms with Gasteiger partial charge in [-0.25, -0.2) is 0 Å². The average Bonchev–Trinajstić information content (AvgIpc) is 3.35. The fourth-order valence-corrected chi connectivity index (χ4v) is 3.71. The van der Waals surface area contributed by atoms with Crippen LogP contribution < -0.4 is 20.1 Å². The van der Waals surface area contributed by atoms with Gasteiger partial charge in [0.15, 0.2) is 11.5 Å². The van der Waals surface area contributed by atoms with Crippen LogP contribution in [0.4, 0.5) is 0 Å². The molecular weight excluding hydrogens is 328 g/mol. The van der Waals surface area contributed by atoms with E-state index in [1.54, 1.807) is 0 Å². The maximum Gasteiger partial charge on any atom is 0.223 e. The lowest BCUT2D eigenvalue weighted by Gasteiger charge is -2.28. The van der Waals surface area contributed by atoms with Gasteiger partial charge in [-0.2, -0.15) is 0 Å². The number of piperidine rings is 1. The van der Waals surface area contributed by atoms with Crippen molar-refractivity contribution in [1.82, 2.24) is 10.6 Å². The summed E-state index contributed by atoms with van der Waals surface area (Å²) in [4.78, 5) is 12.5. The number of carbonyl (C=O) groups excluding carboxylic acids is 1. The fraction of sp³-hybridized carbons (Fsp3) is 0.611. The van der Waals surface area contributed by atoms with Crippen LogP contribution >= 0.6 is 12.4 Å². The maximum absolute atomic E-state index is 12.5. The largest absolute Gasteiger partial charge is 0.486 e. The van der Waals surface area contributed by atoms with E-state index in [1.807, 2.05) is 12.1 Å². The van der Waals surface area contributed by atoms with Gasteiger partial charge in [0.1, 0.15) is 13.2 Å². The van der Waals surface area contributed by atoms with Gasteiger partial charge in [0, 0.05) is 18.0 Å². The molecule has 0 bridgehead atoms. The molecule has 4 atom stereocenters. The number of halogens is 1. The summed E-state index contributed by atoms with van der Waals surface area (Å²) in [6.07, 6.45) is 2.98. The number of amides is 1. The molecule has 1 aromatic carbocycles. The van der Waals surface area contributed by atoms with Crippen LogP contribution in [0.1, 0.15) is 37.7 Å². The highest BCUT2D eigenvalue weighted by molar-refractivity contribution is 5.85. The Balaban J connectivity index is 0.00000169. The summed E-state index contributed by atoms with van der Waals surface area (Å²) in [5.74, 6) is 2.27. The van der Waals surface area contributed by atoms with Gasteiger partial charge in [0.05, 0.1) is 0 Å². The van der Waals surface area contributed by atoms with E-state index in [0.29, 0.717) is 31.2 Å². The van der Waals surface area contributed by atoms with Gasteiger partial charge >= 0.3 is 0 Å². The molecule has 3 aliphatic rings. The van der Waals surface area contributed by atoms with Gasteiger partial charge in [0.25, 0.3) is 0 Å². The Bertz CT molecular complexity index is 610. The van der Waals surface area contributed by atoms with Crippen LogP contribution in [-0.2, 0) is 4.79 Å². The molecule has 1 saturated carbocycles. The predicted molar refractivity (Wildman–Crippen MR) is 94.2 cm³/mol. The van der Waals surface area contributed by atoms with E-state index in [-0.39, 0.29) is 24.2 Å². The second-order valence-corrected chi connectivity index (χ2v) is 6.94. The second kappa shape index (κ2) is 7.19. The first-order valence-corrected chi connectivity index (χ1v) is 8.64. The fourth-order valence-electron chi connectivity index (χ4n) is 3.71. The van der Waals surface area contributed by atoms with E-state index < -0.39 is 0 Å². The molecule has 132 valence electrons. The number of hydrogen-bond acceptors (Lipinski definition) is 4. The van der Waals surface area contributed by atoms with Crippen molar-refractivity contribution in [3.8, 4) is 11.5 Å². The third-order valence-corrected chi connectivity index (χ3v) is 5.09. The monoisotopic (exact) mass is 352 g/mol. The summed E-state index contributed by atoms with van der Waals surface area (Å²) in [6, 6.07) is 6.88. The molecule has 6 heteroatoms. The lowest BCUT2D eigenvalue weighted by molar-refractivity contribution is -0.123. The lowest BCUT2D eigenvalue weighted by Crippen LogP contribution is -2.47. The third-order valence-electron chi connectivity index (χ3n) is 5.09. The van der Waals surface area contributed by atoms with Crippen LogP contribution in [0.2, 0.25) is 0 Å². The van der Waals surface area contributed by atoms with E-state index in [0.717, 1.165) is 37.3 Å². The van der Waals surface area contributed by atoms with E-state index in [1.165, 1.54) is 5.56 Å².